The first-order chi connectivity index (χ1) is 6.11. The minimum Gasteiger partial charge on any atom is -0.396 e. The maximum absolute atomic E-state index is 12.7. The van der Waals surface area contributed by atoms with E-state index in [2.05, 4.69) is 0 Å². The molecule has 1 atom stereocenters. The van der Waals surface area contributed by atoms with Gasteiger partial charge in [-0.25, -0.2) is 8.78 Å². The van der Waals surface area contributed by atoms with E-state index in [9.17, 15) is 8.78 Å². The molecular weight excluding hydrogens is 174 g/mol. The van der Waals surface area contributed by atoms with Crippen molar-refractivity contribution in [3.63, 3.8) is 0 Å². The number of aliphatic hydroxyl groups is 1. The fourth-order valence-corrected chi connectivity index (χ4v) is 1.20. The quantitative estimate of drug-likeness (QED) is 0.766. The van der Waals surface area contributed by atoms with Gasteiger partial charge in [0.2, 0.25) is 0 Å². The lowest BCUT2D eigenvalue weighted by Crippen LogP contribution is -2.05. The Balaban J connectivity index is 2.77. The van der Waals surface area contributed by atoms with Gasteiger partial charge in [0.25, 0.3) is 0 Å². The zero-order chi connectivity index (χ0) is 9.84. The highest BCUT2D eigenvalue weighted by atomic mass is 19.1. The Morgan fingerprint density at radius 3 is 2.23 bits per heavy atom. The molecule has 72 valence electrons. The van der Waals surface area contributed by atoms with E-state index in [4.69, 9.17) is 5.11 Å². The number of aliphatic hydroxyl groups excluding tert-OH is 1. The molecule has 1 aromatic rings. The van der Waals surface area contributed by atoms with E-state index < -0.39 is 11.6 Å². The minimum absolute atomic E-state index is 0.0259. The Morgan fingerprint density at radius 2 is 1.77 bits per heavy atom. The predicted octanol–water partition coefficient (Wildman–Crippen LogP) is 2.14. The number of benzene rings is 1. The van der Waals surface area contributed by atoms with Crippen LogP contribution in [0, 0.1) is 17.6 Å². The van der Waals surface area contributed by atoms with Crippen molar-refractivity contribution < 1.29 is 13.9 Å². The third kappa shape index (κ3) is 3.11. The molecule has 1 N–H and O–H groups in total. The van der Waals surface area contributed by atoms with Gasteiger partial charge in [-0.1, -0.05) is 6.92 Å². The summed E-state index contributed by atoms with van der Waals surface area (Å²) in [6, 6.07) is 3.41. The van der Waals surface area contributed by atoms with Crippen molar-refractivity contribution in [3.8, 4) is 0 Å². The Kier molecular flexibility index (Phi) is 3.37. The fraction of sp³-hybridized carbons (Fsp3) is 0.400. The molecule has 0 fully saturated rings. The van der Waals surface area contributed by atoms with Crippen molar-refractivity contribution in [1.82, 2.24) is 0 Å². The summed E-state index contributed by atoms with van der Waals surface area (Å²) in [5.41, 5.74) is 0.582. The normalized spacial score (nSPS) is 12.9. The van der Waals surface area contributed by atoms with E-state index in [0.717, 1.165) is 6.07 Å². The zero-order valence-electron chi connectivity index (χ0n) is 7.43. The molecule has 0 aliphatic rings. The van der Waals surface area contributed by atoms with Crippen LogP contribution in [0.1, 0.15) is 12.5 Å². The van der Waals surface area contributed by atoms with Crippen LogP contribution in [0.2, 0.25) is 0 Å². The van der Waals surface area contributed by atoms with Crippen LogP contribution in [0.15, 0.2) is 18.2 Å². The molecule has 3 heteroatoms. The molecule has 0 aliphatic carbocycles. The van der Waals surface area contributed by atoms with Gasteiger partial charge in [0.1, 0.15) is 11.6 Å². The van der Waals surface area contributed by atoms with E-state index in [1.54, 1.807) is 0 Å². The van der Waals surface area contributed by atoms with Crippen molar-refractivity contribution in [2.75, 3.05) is 6.61 Å². The number of halogens is 2. The standard InChI is InChI=1S/C10H12F2O/c1-7(6-13)2-8-3-9(11)5-10(12)4-8/h3-5,7,13H,2,6H2,1H3/t7-/m0/s1. The lowest BCUT2D eigenvalue weighted by atomic mass is 10.0. The van der Waals surface area contributed by atoms with Gasteiger partial charge in [-0.3, -0.25) is 0 Å². The first-order valence-electron chi connectivity index (χ1n) is 4.17. The maximum atomic E-state index is 12.7. The molecule has 0 amide bonds. The highest BCUT2D eigenvalue weighted by molar-refractivity contribution is 5.18. The van der Waals surface area contributed by atoms with Gasteiger partial charge >= 0.3 is 0 Å². The molecule has 1 aromatic carbocycles. The van der Waals surface area contributed by atoms with Crippen molar-refractivity contribution in [2.24, 2.45) is 5.92 Å². The molecule has 0 spiro atoms. The van der Waals surface area contributed by atoms with Crippen LogP contribution in [0.4, 0.5) is 8.78 Å². The van der Waals surface area contributed by atoms with Crippen LogP contribution in [0.5, 0.6) is 0 Å². The van der Waals surface area contributed by atoms with Gasteiger partial charge in [0.15, 0.2) is 0 Å². The van der Waals surface area contributed by atoms with Gasteiger partial charge in [-0.15, -0.1) is 0 Å². The Hall–Kier alpha value is -0.960. The molecule has 0 radical (unpaired) electrons. The maximum Gasteiger partial charge on any atom is 0.126 e. The van der Waals surface area contributed by atoms with E-state index in [1.807, 2.05) is 6.92 Å². The monoisotopic (exact) mass is 186 g/mol. The number of rotatable bonds is 3. The second-order valence-corrected chi connectivity index (χ2v) is 3.27. The summed E-state index contributed by atoms with van der Waals surface area (Å²) in [6.07, 6.45) is 0.491. The first kappa shape index (κ1) is 10.1. The summed E-state index contributed by atoms with van der Waals surface area (Å²) >= 11 is 0. The predicted molar refractivity (Wildman–Crippen MR) is 46.3 cm³/mol. The van der Waals surface area contributed by atoms with E-state index in [0.29, 0.717) is 12.0 Å². The SMILES string of the molecule is C[C@H](CO)Cc1cc(F)cc(F)c1. The summed E-state index contributed by atoms with van der Waals surface area (Å²) in [6.45, 7) is 1.85. The van der Waals surface area contributed by atoms with Crippen molar-refractivity contribution in [1.29, 1.82) is 0 Å². The molecule has 0 heterocycles. The lowest BCUT2D eigenvalue weighted by molar-refractivity contribution is 0.237. The lowest BCUT2D eigenvalue weighted by Gasteiger charge is -2.07. The van der Waals surface area contributed by atoms with Crippen LogP contribution in [-0.4, -0.2) is 11.7 Å². The Morgan fingerprint density at radius 1 is 1.23 bits per heavy atom. The molecule has 0 aromatic heterocycles. The highest BCUT2D eigenvalue weighted by Gasteiger charge is 2.05. The first-order valence-corrected chi connectivity index (χ1v) is 4.17. The van der Waals surface area contributed by atoms with Crippen LogP contribution < -0.4 is 0 Å². The molecule has 1 nitrogen and oxygen atoms in total. The summed E-state index contributed by atoms with van der Waals surface area (Å²) in [4.78, 5) is 0. The molecule has 0 saturated carbocycles. The van der Waals surface area contributed by atoms with E-state index in [-0.39, 0.29) is 12.5 Å². The summed E-state index contributed by atoms with van der Waals surface area (Å²) in [5.74, 6) is -1.11. The van der Waals surface area contributed by atoms with Gasteiger partial charge in [0, 0.05) is 12.7 Å². The highest BCUT2D eigenvalue weighted by Crippen LogP contribution is 2.12. The van der Waals surface area contributed by atoms with Crippen molar-refractivity contribution in [2.45, 2.75) is 13.3 Å². The van der Waals surface area contributed by atoms with Crippen molar-refractivity contribution >= 4 is 0 Å². The molecular formula is C10H12F2O. The largest absolute Gasteiger partial charge is 0.396 e. The third-order valence-electron chi connectivity index (χ3n) is 1.82. The summed E-state index contributed by atoms with van der Waals surface area (Å²) in [7, 11) is 0. The fourth-order valence-electron chi connectivity index (χ4n) is 1.20. The van der Waals surface area contributed by atoms with Crippen LogP contribution in [0.25, 0.3) is 0 Å². The number of hydrogen-bond donors (Lipinski definition) is 1. The zero-order valence-corrected chi connectivity index (χ0v) is 7.43. The topological polar surface area (TPSA) is 20.2 Å². The third-order valence-corrected chi connectivity index (χ3v) is 1.82. The number of hydrogen-bond acceptors (Lipinski definition) is 1. The minimum atomic E-state index is -0.569. The van der Waals surface area contributed by atoms with E-state index >= 15 is 0 Å². The van der Waals surface area contributed by atoms with Crippen LogP contribution >= 0.6 is 0 Å². The van der Waals surface area contributed by atoms with Gasteiger partial charge in [0.05, 0.1) is 0 Å². The molecule has 0 aliphatic heterocycles. The second kappa shape index (κ2) is 4.33. The van der Waals surface area contributed by atoms with Crippen LogP contribution in [-0.2, 0) is 6.42 Å². The smallest absolute Gasteiger partial charge is 0.126 e. The van der Waals surface area contributed by atoms with Crippen molar-refractivity contribution in [3.05, 3.63) is 35.4 Å². The average molecular weight is 186 g/mol. The van der Waals surface area contributed by atoms with E-state index in [1.165, 1.54) is 12.1 Å². The van der Waals surface area contributed by atoms with Gasteiger partial charge < -0.3 is 5.11 Å². The molecule has 0 saturated heterocycles. The summed E-state index contributed by atoms with van der Waals surface area (Å²) in [5, 5.41) is 8.75. The van der Waals surface area contributed by atoms with Crippen LogP contribution in [0.3, 0.4) is 0 Å². The van der Waals surface area contributed by atoms with Gasteiger partial charge in [-0.2, -0.15) is 0 Å². The molecule has 1 rings (SSSR count). The Labute approximate surface area is 76.0 Å². The Bertz CT molecular complexity index is 266. The molecule has 0 unspecified atom stereocenters. The average Bonchev–Trinajstić information content (AvgIpc) is 2.02. The molecule has 13 heavy (non-hydrogen) atoms. The summed E-state index contributed by atoms with van der Waals surface area (Å²) < 4.78 is 25.4. The van der Waals surface area contributed by atoms with Gasteiger partial charge in [-0.05, 0) is 30.0 Å². The molecule has 0 bridgehead atoms. The second-order valence-electron chi connectivity index (χ2n) is 3.27.